The van der Waals surface area contributed by atoms with Gasteiger partial charge in [0, 0.05) is 13.1 Å². The number of rotatable bonds is 4. The molecule has 0 amide bonds. The van der Waals surface area contributed by atoms with Gasteiger partial charge in [0.15, 0.2) is 0 Å². The smallest absolute Gasteiger partial charge is 0.0701 e. The van der Waals surface area contributed by atoms with Crippen LogP contribution in [0.1, 0.15) is 18.4 Å². The van der Waals surface area contributed by atoms with Gasteiger partial charge in [0.1, 0.15) is 0 Å². The molecule has 0 atom stereocenters. The van der Waals surface area contributed by atoms with E-state index in [1.807, 2.05) is 13.0 Å². The fourth-order valence-electron chi connectivity index (χ4n) is 2.42. The second kappa shape index (κ2) is 6.07. The van der Waals surface area contributed by atoms with Crippen molar-refractivity contribution in [2.24, 2.45) is 0 Å². The molecule has 18 heavy (non-hydrogen) atoms. The Morgan fingerprint density at radius 2 is 2.11 bits per heavy atom. The molecule has 0 saturated carbocycles. The van der Waals surface area contributed by atoms with Crippen molar-refractivity contribution in [1.29, 1.82) is 0 Å². The number of nitrogens with two attached hydrogens (primary N) is 1. The van der Waals surface area contributed by atoms with Crippen molar-refractivity contribution in [3.63, 3.8) is 0 Å². The number of hydrogen-bond donors (Lipinski definition) is 2. The van der Waals surface area contributed by atoms with Gasteiger partial charge in [0.25, 0.3) is 0 Å². The summed E-state index contributed by atoms with van der Waals surface area (Å²) in [6.45, 7) is 4.51. The molecule has 3 N–H and O–H groups in total. The lowest BCUT2D eigenvalue weighted by molar-refractivity contribution is 0.0159. The zero-order valence-electron chi connectivity index (χ0n) is 10.9. The zero-order valence-corrected chi connectivity index (χ0v) is 10.9. The third kappa shape index (κ3) is 2.94. The van der Waals surface area contributed by atoms with Crippen molar-refractivity contribution in [3.8, 4) is 0 Å². The van der Waals surface area contributed by atoms with E-state index >= 15 is 0 Å². The molecule has 0 bridgehead atoms. The molecule has 0 radical (unpaired) electrons. The Kier molecular flexibility index (Phi) is 4.44. The minimum atomic E-state index is 0.102. The van der Waals surface area contributed by atoms with E-state index in [2.05, 4.69) is 17.0 Å². The fourth-order valence-corrected chi connectivity index (χ4v) is 2.42. The van der Waals surface area contributed by atoms with Crippen LogP contribution in [0.25, 0.3) is 0 Å². The molecule has 4 heteroatoms. The summed E-state index contributed by atoms with van der Waals surface area (Å²) in [6, 6.07) is 6.17. The number of nitrogen functional groups attached to an aromatic ring is 1. The number of benzene rings is 1. The maximum atomic E-state index is 8.74. The van der Waals surface area contributed by atoms with Gasteiger partial charge in [0.05, 0.1) is 30.7 Å². The van der Waals surface area contributed by atoms with Crippen molar-refractivity contribution in [2.45, 2.75) is 25.9 Å². The lowest BCUT2D eigenvalue weighted by Gasteiger charge is -2.34. The minimum Gasteiger partial charge on any atom is -0.397 e. The molecule has 100 valence electrons. The van der Waals surface area contributed by atoms with Crippen LogP contribution in [-0.4, -0.2) is 37.5 Å². The van der Waals surface area contributed by atoms with E-state index in [-0.39, 0.29) is 12.7 Å². The van der Waals surface area contributed by atoms with Gasteiger partial charge in [0.2, 0.25) is 0 Å². The summed E-state index contributed by atoms with van der Waals surface area (Å²) in [5, 5.41) is 8.74. The summed E-state index contributed by atoms with van der Waals surface area (Å²) < 4.78 is 5.56. The summed E-state index contributed by atoms with van der Waals surface area (Å²) in [6.07, 6.45) is 2.26. The summed E-state index contributed by atoms with van der Waals surface area (Å²) in [5.41, 5.74) is 9.27. The predicted molar refractivity (Wildman–Crippen MR) is 73.9 cm³/mol. The highest BCUT2D eigenvalue weighted by Gasteiger charge is 2.21. The number of aryl methyl sites for hydroxylation is 1. The summed E-state index contributed by atoms with van der Waals surface area (Å²) in [7, 11) is 0. The van der Waals surface area contributed by atoms with Crippen LogP contribution in [0, 0.1) is 6.92 Å². The van der Waals surface area contributed by atoms with Crippen LogP contribution in [0.3, 0.4) is 0 Å². The average molecular weight is 250 g/mol. The molecule has 4 nitrogen and oxygen atoms in total. The molecule has 1 aromatic rings. The molecule has 1 saturated heterocycles. The first-order valence-corrected chi connectivity index (χ1v) is 6.55. The van der Waals surface area contributed by atoms with Gasteiger partial charge in [-0.05, 0) is 31.4 Å². The van der Waals surface area contributed by atoms with E-state index in [4.69, 9.17) is 15.6 Å². The minimum absolute atomic E-state index is 0.102. The van der Waals surface area contributed by atoms with Crippen LogP contribution in [0.15, 0.2) is 18.2 Å². The quantitative estimate of drug-likeness (QED) is 0.796. The largest absolute Gasteiger partial charge is 0.397 e. The third-order valence-corrected chi connectivity index (χ3v) is 3.53. The van der Waals surface area contributed by atoms with Crippen molar-refractivity contribution < 1.29 is 9.84 Å². The van der Waals surface area contributed by atoms with Crippen LogP contribution < -0.4 is 10.6 Å². The Hall–Kier alpha value is -1.26. The summed E-state index contributed by atoms with van der Waals surface area (Å²) in [5.74, 6) is 0. The van der Waals surface area contributed by atoms with Crippen LogP contribution in [0.2, 0.25) is 0 Å². The highest BCUT2D eigenvalue weighted by atomic mass is 16.5. The normalized spacial score (nSPS) is 17.1. The molecule has 0 aliphatic carbocycles. The maximum Gasteiger partial charge on any atom is 0.0701 e. The molecule has 0 spiro atoms. The van der Waals surface area contributed by atoms with Gasteiger partial charge in [-0.15, -0.1) is 0 Å². The lowest BCUT2D eigenvalue weighted by Crippen LogP contribution is -2.37. The standard InChI is InChI=1S/C14H22N2O2/c1-11-3-2-4-13(14(11)15)16-7-5-12(6-8-16)18-10-9-17/h2-4,12,17H,5-10,15H2,1H3. The molecular weight excluding hydrogens is 228 g/mol. The molecule has 1 aliphatic rings. The molecular formula is C14H22N2O2. The van der Waals surface area contributed by atoms with Gasteiger partial charge in [-0.1, -0.05) is 12.1 Å². The average Bonchev–Trinajstić information content (AvgIpc) is 2.40. The van der Waals surface area contributed by atoms with E-state index < -0.39 is 0 Å². The number of aliphatic hydroxyl groups excluding tert-OH is 1. The van der Waals surface area contributed by atoms with Gasteiger partial charge in [-0.2, -0.15) is 0 Å². The number of aliphatic hydroxyl groups is 1. The molecule has 1 fully saturated rings. The number of para-hydroxylation sites is 1. The highest BCUT2D eigenvalue weighted by molar-refractivity contribution is 5.71. The number of ether oxygens (including phenoxy) is 1. The summed E-state index contributed by atoms with van der Waals surface area (Å²) in [4.78, 5) is 2.32. The van der Waals surface area contributed by atoms with Gasteiger partial charge < -0.3 is 20.5 Å². The Labute approximate surface area is 108 Å². The highest BCUT2D eigenvalue weighted by Crippen LogP contribution is 2.29. The second-order valence-electron chi connectivity index (χ2n) is 4.79. The third-order valence-electron chi connectivity index (χ3n) is 3.53. The number of piperidine rings is 1. The summed E-state index contributed by atoms with van der Waals surface area (Å²) >= 11 is 0. The molecule has 1 aliphatic heterocycles. The van der Waals surface area contributed by atoms with Crippen molar-refractivity contribution in [1.82, 2.24) is 0 Å². The van der Waals surface area contributed by atoms with E-state index in [0.29, 0.717) is 6.61 Å². The zero-order chi connectivity index (χ0) is 13.0. The van der Waals surface area contributed by atoms with Crippen LogP contribution in [0.4, 0.5) is 11.4 Å². The van der Waals surface area contributed by atoms with Crippen LogP contribution >= 0.6 is 0 Å². The van der Waals surface area contributed by atoms with E-state index in [0.717, 1.165) is 42.9 Å². The maximum absolute atomic E-state index is 8.74. The Morgan fingerprint density at radius 3 is 2.78 bits per heavy atom. The van der Waals surface area contributed by atoms with E-state index in [1.54, 1.807) is 0 Å². The van der Waals surface area contributed by atoms with Gasteiger partial charge in [-0.25, -0.2) is 0 Å². The Morgan fingerprint density at radius 1 is 1.39 bits per heavy atom. The topological polar surface area (TPSA) is 58.7 Å². The Bertz CT molecular complexity index is 387. The molecule has 1 aromatic carbocycles. The SMILES string of the molecule is Cc1cccc(N2CCC(OCCO)CC2)c1N. The van der Waals surface area contributed by atoms with Crippen molar-refractivity contribution in [2.75, 3.05) is 36.9 Å². The van der Waals surface area contributed by atoms with Gasteiger partial charge >= 0.3 is 0 Å². The van der Waals surface area contributed by atoms with Crippen molar-refractivity contribution in [3.05, 3.63) is 23.8 Å². The Balaban J connectivity index is 1.95. The van der Waals surface area contributed by atoms with Gasteiger partial charge in [-0.3, -0.25) is 0 Å². The van der Waals surface area contributed by atoms with Crippen LogP contribution in [-0.2, 0) is 4.74 Å². The van der Waals surface area contributed by atoms with E-state index in [1.165, 1.54) is 0 Å². The molecule has 0 unspecified atom stereocenters. The van der Waals surface area contributed by atoms with E-state index in [9.17, 15) is 0 Å². The molecule has 0 aromatic heterocycles. The van der Waals surface area contributed by atoms with Crippen molar-refractivity contribution >= 4 is 11.4 Å². The first kappa shape index (κ1) is 13.2. The second-order valence-corrected chi connectivity index (χ2v) is 4.79. The van der Waals surface area contributed by atoms with Crippen LogP contribution in [0.5, 0.6) is 0 Å². The number of hydrogen-bond acceptors (Lipinski definition) is 4. The first-order valence-electron chi connectivity index (χ1n) is 6.55. The number of anilines is 2. The monoisotopic (exact) mass is 250 g/mol. The number of nitrogens with zero attached hydrogens (tertiary/aromatic N) is 1. The first-order chi connectivity index (χ1) is 8.72. The lowest BCUT2D eigenvalue weighted by atomic mass is 10.1. The molecule has 2 rings (SSSR count). The predicted octanol–water partition coefficient (Wildman–Crippen LogP) is 1.55. The fraction of sp³-hybridized carbons (Fsp3) is 0.571. The molecule has 1 heterocycles.